The largest absolute Gasteiger partial charge is 0.465 e. The Bertz CT molecular complexity index is 1100. The highest BCUT2D eigenvalue weighted by Gasteiger charge is 2.18. The van der Waals surface area contributed by atoms with E-state index in [0.29, 0.717) is 19.4 Å². The summed E-state index contributed by atoms with van der Waals surface area (Å²) in [6.07, 6.45) is 71.9. The van der Waals surface area contributed by atoms with Crippen LogP contribution in [0.2, 0.25) is 0 Å². The fraction of sp³-hybridized carbons (Fsp3) is 0.871. The first-order valence-electron chi connectivity index (χ1n) is 30.3. The molecule has 6 heteroatoms. The molecule has 0 aromatic carbocycles. The van der Waals surface area contributed by atoms with Gasteiger partial charge in [-0.25, -0.2) is 0 Å². The molecule has 400 valence electrons. The van der Waals surface area contributed by atoms with Crippen molar-refractivity contribution in [3.05, 3.63) is 36.5 Å². The molecule has 0 bridgehead atoms. The molecule has 3 N–H and O–H groups in total. The van der Waals surface area contributed by atoms with Gasteiger partial charge in [-0.1, -0.05) is 294 Å². The van der Waals surface area contributed by atoms with E-state index in [1.165, 1.54) is 244 Å². The van der Waals surface area contributed by atoms with Crippen LogP contribution in [0.4, 0.5) is 0 Å². The van der Waals surface area contributed by atoms with Gasteiger partial charge in [-0.2, -0.15) is 0 Å². The zero-order chi connectivity index (χ0) is 49.3. The highest BCUT2D eigenvalue weighted by molar-refractivity contribution is 5.76. The van der Waals surface area contributed by atoms with Crippen molar-refractivity contribution < 1.29 is 24.5 Å². The van der Waals surface area contributed by atoms with Crippen molar-refractivity contribution in [3.63, 3.8) is 0 Å². The van der Waals surface area contributed by atoms with E-state index in [2.05, 4.69) is 43.5 Å². The van der Waals surface area contributed by atoms with Gasteiger partial charge in [0.15, 0.2) is 0 Å². The maximum absolute atomic E-state index is 12.5. The molecule has 0 heterocycles. The summed E-state index contributed by atoms with van der Waals surface area (Å²) < 4.78 is 5.40. The zero-order valence-corrected chi connectivity index (χ0v) is 45.6. The number of aliphatic hydroxyl groups excluding tert-OH is 2. The summed E-state index contributed by atoms with van der Waals surface area (Å²) >= 11 is 0. The smallest absolute Gasteiger partial charge is 0.305 e. The molecule has 0 spiro atoms. The van der Waals surface area contributed by atoms with Crippen LogP contribution in [0, 0.1) is 0 Å². The normalized spacial score (nSPS) is 12.8. The summed E-state index contributed by atoms with van der Waals surface area (Å²) in [5, 5.41) is 23.2. The number of hydrogen-bond donors (Lipinski definition) is 3. The van der Waals surface area contributed by atoms with Gasteiger partial charge < -0.3 is 20.3 Å². The van der Waals surface area contributed by atoms with Crippen LogP contribution in [0.3, 0.4) is 0 Å². The number of ether oxygens (including phenoxy) is 1. The molecule has 2 atom stereocenters. The van der Waals surface area contributed by atoms with E-state index < -0.39 is 12.1 Å². The van der Waals surface area contributed by atoms with Gasteiger partial charge >= 0.3 is 5.97 Å². The first kappa shape index (κ1) is 66.1. The maximum atomic E-state index is 12.5. The zero-order valence-electron chi connectivity index (χ0n) is 45.6. The second-order valence-electron chi connectivity index (χ2n) is 20.7. The fourth-order valence-corrected chi connectivity index (χ4v) is 9.30. The van der Waals surface area contributed by atoms with Gasteiger partial charge in [-0.3, -0.25) is 9.59 Å². The number of carbonyl (C=O) groups excluding carboxylic acids is 2. The molecule has 2 unspecified atom stereocenters. The van der Waals surface area contributed by atoms with E-state index in [4.69, 9.17) is 4.74 Å². The Morgan fingerprint density at radius 2 is 0.735 bits per heavy atom. The summed E-state index contributed by atoms with van der Waals surface area (Å²) in [6, 6.07) is -0.632. The van der Waals surface area contributed by atoms with E-state index in [1.54, 1.807) is 6.08 Å². The molecule has 0 rings (SSSR count). The summed E-state index contributed by atoms with van der Waals surface area (Å²) in [6.45, 7) is 4.81. The van der Waals surface area contributed by atoms with Gasteiger partial charge in [0.05, 0.1) is 25.4 Å². The molecule has 68 heavy (non-hydrogen) atoms. The molecular weight excluding hydrogens is 839 g/mol. The molecule has 1 amide bonds. The van der Waals surface area contributed by atoms with Crippen molar-refractivity contribution >= 4 is 11.9 Å². The van der Waals surface area contributed by atoms with Crippen molar-refractivity contribution in [1.82, 2.24) is 5.32 Å². The lowest BCUT2D eigenvalue weighted by molar-refractivity contribution is -0.143. The number of hydrogen-bond acceptors (Lipinski definition) is 5. The first-order chi connectivity index (χ1) is 33.5. The van der Waals surface area contributed by atoms with Crippen molar-refractivity contribution in [2.75, 3.05) is 13.2 Å². The number of aliphatic hydroxyl groups is 2. The Morgan fingerprint density at radius 1 is 0.412 bits per heavy atom. The Morgan fingerprint density at radius 3 is 1.12 bits per heavy atom. The molecule has 6 nitrogen and oxygen atoms in total. The summed E-state index contributed by atoms with van der Waals surface area (Å²) in [5.74, 6) is -0.106. The SMILES string of the molecule is CCCCCCCCCCCCCCCCCC/C=C/C(O)C(CO)NC(=O)CCCCCCCCCCCCCCCC/C=C\C/C=C\CCOC(=O)CCCCCCCCCCCCCC. The van der Waals surface area contributed by atoms with E-state index in [-0.39, 0.29) is 18.5 Å². The Labute approximate surface area is 424 Å². The van der Waals surface area contributed by atoms with Gasteiger partial charge in [-0.05, 0) is 51.4 Å². The van der Waals surface area contributed by atoms with Crippen molar-refractivity contribution in [3.8, 4) is 0 Å². The Kier molecular flexibility index (Phi) is 56.0. The molecule has 0 aliphatic carbocycles. The minimum atomic E-state index is -0.848. The summed E-state index contributed by atoms with van der Waals surface area (Å²) in [7, 11) is 0. The number of allylic oxidation sites excluding steroid dienone is 4. The van der Waals surface area contributed by atoms with Crippen LogP contribution in [-0.2, 0) is 14.3 Å². The Hall–Kier alpha value is -1.92. The predicted octanol–water partition coefficient (Wildman–Crippen LogP) is 18.8. The van der Waals surface area contributed by atoms with E-state index in [0.717, 1.165) is 51.4 Å². The minimum Gasteiger partial charge on any atom is -0.465 e. The number of unbranched alkanes of at least 4 members (excludes halogenated alkanes) is 41. The van der Waals surface area contributed by atoms with E-state index >= 15 is 0 Å². The van der Waals surface area contributed by atoms with Gasteiger partial charge in [0.2, 0.25) is 5.91 Å². The fourth-order valence-electron chi connectivity index (χ4n) is 9.30. The van der Waals surface area contributed by atoms with Crippen LogP contribution in [0.25, 0.3) is 0 Å². The van der Waals surface area contributed by atoms with Crippen LogP contribution in [0.15, 0.2) is 36.5 Å². The summed E-state index contributed by atoms with van der Waals surface area (Å²) in [5.41, 5.74) is 0. The van der Waals surface area contributed by atoms with E-state index in [9.17, 15) is 19.8 Å². The molecular formula is C62H117NO5. The standard InChI is InChI=1S/C62H117NO5/c1-3-5-7-9-11-13-15-17-18-19-25-28-31-34-38-42-46-50-54-60(65)59(58-64)63-61(66)55-51-47-43-39-35-32-29-26-23-21-20-22-24-27-30-33-37-41-45-49-53-57-68-62(67)56-52-48-44-40-36-16-14-12-10-8-6-4-2/h33,37,45,49-50,54,59-60,64-65H,3-32,34-36,38-44,46-48,51-53,55-58H2,1-2H3,(H,63,66)/b37-33-,49-45-,54-50+. The topological polar surface area (TPSA) is 95.9 Å². The molecule has 0 radical (unpaired) electrons. The maximum Gasteiger partial charge on any atom is 0.305 e. The monoisotopic (exact) mass is 956 g/mol. The summed E-state index contributed by atoms with van der Waals surface area (Å²) in [4.78, 5) is 24.5. The molecule has 0 saturated carbocycles. The molecule has 0 aromatic rings. The van der Waals surface area contributed by atoms with E-state index in [1.807, 2.05) is 6.08 Å². The Balaban J connectivity index is 3.48. The lowest BCUT2D eigenvalue weighted by Crippen LogP contribution is -2.45. The molecule has 0 aromatic heterocycles. The predicted molar refractivity (Wildman–Crippen MR) is 296 cm³/mol. The average Bonchev–Trinajstić information content (AvgIpc) is 3.34. The molecule has 0 aliphatic rings. The molecule has 0 saturated heterocycles. The third kappa shape index (κ3) is 53.4. The second kappa shape index (κ2) is 57.7. The van der Waals surface area contributed by atoms with Gasteiger partial charge in [-0.15, -0.1) is 0 Å². The van der Waals surface area contributed by atoms with Gasteiger partial charge in [0.25, 0.3) is 0 Å². The lowest BCUT2D eigenvalue weighted by Gasteiger charge is -2.20. The van der Waals surface area contributed by atoms with Crippen LogP contribution in [-0.4, -0.2) is 47.4 Å². The third-order valence-electron chi connectivity index (χ3n) is 13.9. The second-order valence-corrected chi connectivity index (χ2v) is 20.7. The van der Waals surface area contributed by atoms with Crippen molar-refractivity contribution in [1.29, 1.82) is 0 Å². The lowest BCUT2D eigenvalue weighted by atomic mass is 10.0. The molecule has 0 aliphatic heterocycles. The average molecular weight is 957 g/mol. The van der Waals surface area contributed by atoms with Crippen LogP contribution < -0.4 is 5.32 Å². The van der Waals surface area contributed by atoms with Crippen molar-refractivity contribution in [2.24, 2.45) is 0 Å². The highest BCUT2D eigenvalue weighted by Crippen LogP contribution is 2.17. The third-order valence-corrected chi connectivity index (χ3v) is 13.9. The number of nitrogens with one attached hydrogen (secondary N) is 1. The first-order valence-corrected chi connectivity index (χ1v) is 30.3. The number of esters is 1. The minimum absolute atomic E-state index is 0.0351. The number of amides is 1. The number of rotatable bonds is 56. The van der Waals surface area contributed by atoms with Crippen LogP contribution in [0.5, 0.6) is 0 Å². The van der Waals surface area contributed by atoms with Crippen molar-refractivity contribution in [2.45, 2.75) is 334 Å². The van der Waals surface area contributed by atoms with Crippen LogP contribution in [0.1, 0.15) is 322 Å². The van der Waals surface area contributed by atoms with Crippen LogP contribution >= 0.6 is 0 Å². The highest BCUT2D eigenvalue weighted by atomic mass is 16.5. The van der Waals surface area contributed by atoms with Gasteiger partial charge in [0, 0.05) is 12.8 Å². The molecule has 0 fully saturated rings. The van der Waals surface area contributed by atoms with Gasteiger partial charge in [0.1, 0.15) is 0 Å². The number of carbonyl (C=O) groups is 2. The quantitative estimate of drug-likeness (QED) is 0.0321.